The first-order chi connectivity index (χ1) is 17.7. The molecule has 0 aliphatic carbocycles. The molecule has 0 radical (unpaired) electrons. The van der Waals surface area contributed by atoms with E-state index >= 15 is 4.39 Å². The summed E-state index contributed by atoms with van der Waals surface area (Å²) >= 11 is 0. The fourth-order valence-electron chi connectivity index (χ4n) is 5.10. The second-order valence-corrected chi connectivity index (χ2v) is 11.6. The molecule has 1 saturated heterocycles. The Labute approximate surface area is 215 Å². The Morgan fingerprint density at radius 3 is 2.59 bits per heavy atom. The molecule has 4 aromatic rings. The summed E-state index contributed by atoms with van der Waals surface area (Å²) in [5, 5.41) is 0.575. The molecule has 0 saturated carbocycles. The zero-order valence-electron chi connectivity index (χ0n) is 21.1. The predicted octanol–water partition coefficient (Wildman–Crippen LogP) is 4.38. The van der Waals surface area contributed by atoms with E-state index in [-0.39, 0.29) is 27.9 Å². The first-order valence-electron chi connectivity index (χ1n) is 12.1. The second kappa shape index (κ2) is 9.75. The topological polar surface area (TPSA) is 103 Å². The number of hydrogen-bond acceptors (Lipinski definition) is 7. The number of benzene rings is 2. The summed E-state index contributed by atoms with van der Waals surface area (Å²) in [4.78, 5) is 11.0. The SMILES string of the molecule is COc1ccc(S(=O)(=O)Cc2cccc(-c3cn(C4CCN(C)CC4)c4ncnc(N)c34)c2F)cc1C. The Kier molecular flexibility index (Phi) is 6.63. The van der Waals surface area contributed by atoms with Gasteiger partial charge in [0.05, 0.1) is 23.1 Å². The number of sulfone groups is 1. The number of nitrogens with two attached hydrogens (primary N) is 1. The normalized spacial score (nSPS) is 15.4. The maximum Gasteiger partial charge on any atom is 0.182 e. The molecule has 1 aliphatic heterocycles. The number of aryl methyl sites for hydroxylation is 1. The molecule has 5 rings (SSSR count). The van der Waals surface area contributed by atoms with Crippen molar-refractivity contribution in [3.8, 4) is 16.9 Å². The number of fused-ring (bicyclic) bond motifs is 1. The highest BCUT2D eigenvalue weighted by Crippen LogP contribution is 2.38. The largest absolute Gasteiger partial charge is 0.496 e. The molecule has 194 valence electrons. The van der Waals surface area contributed by atoms with Crippen molar-refractivity contribution in [2.24, 2.45) is 0 Å². The van der Waals surface area contributed by atoms with E-state index in [9.17, 15) is 8.42 Å². The summed E-state index contributed by atoms with van der Waals surface area (Å²) in [5.41, 5.74) is 8.53. The molecule has 0 spiro atoms. The van der Waals surface area contributed by atoms with Crippen LogP contribution in [0.2, 0.25) is 0 Å². The van der Waals surface area contributed by atoms with Crippen molar-refractivity contribution < 1.29 is 17.5 Å². The highest BCUT2D eigenvalue weighted by Gasteiger charge is 2.26. The molecule has 10 heteroatoms. The van der Waals surface area contributed by atoms with Crippen molar-refractivity contribution >= 4 is 26.7 Å². The number of piperidine rings is 1. The molecule has 1 aliphatic rings. The highest BCUT2D eigenvalue weighted by atomic mass is 32.2. The zero-order valence-corrected chi connectivity index (χ0v) is 21.9. The number of anilines is 1. The first kappa shape index (κ1) is 25.2. The van der Waals surface area contributed by atoms with Crippen LogP contribution in [0, 0.1) is 12.7 Å². The van der Waals surface area contributed by atoms with Gasteiger partial charge in [0.1, 0.15) is 29.4 Å². The van der Waals surface area contributed by atoms with Crippen LogP contribution in [0.25, 0.3) is 22.2 Å². The van der Waals surface area contributed by atoms with E-state index in [1.165, 1.54) is 25.6 Å². The van der Waals surface area contributed by atoms with Gasteiger partial charge >= 0.3 is 0 Å². The maximum atomic E-state index is 16.0. The van der Waals surface area contributed by atoms with Crippen LogP contribution >= 0.6 is 0 Å². The molecule has 2 aromatic carbocycles. The van der Waals surface area contributed by atoms with Gasteiger partial charge in [-0.1, -0.05) is 18.2 Å². The van der Waals surface area contributed by atoms with Crippen LogP contribution in [-0.4, -0.2) is 55.1 Å². The first-order valence-corrected chi connectivity index (χ1v) is 13.8. The number of aromatic nitrogens is 3. The van der Waals surface area contributed by atoms with Gasteiger partial charge in [-0.15, -0.1) is 0 Å². The highest BCUT2D eigenvalue weighted by molar-refractivity contribution is 7.90. The van der Waals surface area contributed by atoms with Crippen LogP contribution in [0.1, 0.15) is 30.0 Å². The number of halogens is 1. The van der Waals surface area contributed by atoms with Crippen LogP contribution in [-0.2, 0) is 15.6 Å². The fraction of sp³-hybridized carbons (Fsp3) is 0.333. The second-order valence-electron chi connectivity index (χ2n) is 9.61. The minimum absolute atomic E-state index is 0.0848. The van der Waals surface area contributed by atoms with Gasteiger partial charge in [0.25, 0.3) is 0 Å². The van der Waals surface area contributed by atoms with Crippen LogP contribution < -0.4 is 10.5 Å². The van der Waals surface area contributed by atoms with Gasteiger partial charge in [-0.05, 0) is 63.7 Å². The van der Waals surface area contributed by atoms with E-state index in [4.69, 9.17) is 10.5 Å². The molecule has 0 atom stereocenters. The van der Waals surface area contributed by atoms with Crippen molar-refractivity contribution in [2.75, 3.05) is 33.0 Å². The number of hydrogen-bond donors (Lipinski definition) is 1. The summed E-state index contributed by atoms with van der Waals surface area (Å²) in [6, 6.07) is 9.65. The molecule has 0 unspecified atom stereocenters. The van der Waals surface area contributed by atoms with Gasteiger partial charge < -0.3 is 19.9 Å². The minimum Gasteiger partial charge on any atom is -0.496 e. The van der Waals surface area contributed by atoms with Crippen molar-refractivity contribution in [1.82, 2.24) is 19.4 Å². The molecule has 3 heterocycles. The van der Waals surface area contributed by atoms with E-state index in [2.05, 4.69) is 26.5 Å². The Hall–Kier alpha value is -3.50. The van der Waals surface area contributed by atoms with Crippen molar-refractivity contribution in [2.45, 2.75) is 36.5 Å². The Morgan fingerprint density at radius 1 is 1.14 bits per heavy atom. The Balaban J connectivity index is 1.56. The van der Waals surface area contributed by atoms with E-state index < -0.39 is 21.4 Å². The quantitative estimate of drug-likeness (QED) is 0.400. The number of likely N-dealkylation sites (tertiary alicyclic amines) is 1. The standard InChI is InChI=1S/C27H30FN5O3S/c1-17-13-20(7-8-23(17)36-3)37(34,35)15-18-5-4-6-21(25(18)28)22-14-33(19-9-11-32(2)12-10-19)27-24(22)26(29)30-16-31-27/h4-8,13-14,16,19H,9-12,15H2,1-3H3,(H2,29,30,31). The maximum absolute atomic E-state index is 16.0. The summed E-state index contributed by atoms with van der Waals surface area (Å²) in [7, 11) is -0.183. The number of ether oxygens (including phenoxy) is 1. The third-order valence-electron chi connectivity index (χ3n) is 7.16. The van der Waals surface area contributed by atoms with Crippen LogP contribution in [0.5, 0.6) is 5.75 Å². The van der Waals surface area contributed by atoms with Crippen molar-refractivity contribution in [3.05, 3.63) is 65.9 Å². The van der Waals surface area contributed by atoms with E-state index in [0.717, 1.165) is 25.9 Å². The lowest BCUT2D eigenvalue weighted by molar-refractivity contribution is 0.224. The van der Waals surface area contributed by atoms with Crippen LogP contribution in [0.3, 0.4) is 0 Å². The summed E-state index contributed by atoms with van der Waals surface area (Å²) < 4.78 is 49.7. The van der Waals surface area contributed by atoms with E-state index in [0.29, 0.717) is 27.9 Å². The lowest BCUT2D eigenvalue weighted by Gasteiger charge is -2.30. The minimum atomic E-state index is -3.80. The molecular formula is C27H30FN5O3S. The molecule has 8 nitrogen and oxygen atoms in total. The predicted molar refractivity (Wildman–Crippen MR) is 142 cm³/mol. The number of nitrogen functional groups attached to an aromatic ring is 1. The molecule has 37 heavy (non-hydrogen) atoms. The monoisotopic (exact) mass is 523 g/mol. The fourth-order valence-corrected chi connectivity index (χ4v) is 6.53. The average Bonchev–Trinajstić information content (AvgIpc) is 3.26. The zero-order chi connectivity index (χ0) is 26.3. The molecule has 2 aromatic heterocycles. The molecule has 1 fully saturated rings. The van der Waals surface area contributed by atoms with Gasteiger partial charge in [-0.3, -0.25) is 0 Å². The molecule has 2 N–H and O–H groups in total. The van der Waals surface area contributed by atoms with Crippen molar-refractivity contribution in [3.63, 3.8) is 0 Å². The lowest BCUT2D eigenvalue weighted by atomic mass is 10.0. The van der Waals surface area contributed by atoms with E-state index in [1.54, 1.807) is 31.2 Å². The molecule has 0 bridgehead atoms. The third-order valence-corrected chi connectivity index (χ3v) is 8.82. The summed E-state index contributed by atoms with van der Waals surface area (Å²) in [6.07, 6.45) is 5.18. The third kappa shape index (κ3) is 4.67. The average molecular weight is 524 g/mol. The smallest absolute Gasteiger partial charge is 0.182 e. The summed E-state index contributed by atoms with van der Waals surface area (Å²) in [6.45, 7) is 3.67. The van der Waals surface area contributed by atoms with Gasteiger partial charge in [-0.25, -0.2) is 22.8 Å². The van der Waals surface area contributed by atoms with Gasteiger partial charge in [0.2, 0.25) is 0 Å². The number of nitrogens with zero attached hydrogens (tertiary/aromatic N) is 4. The summed E-state index contributed by atoms with van der Waals surface area (Å²) in [5.74, 6) is -0.217. The Bertz CT molecular complexity index is 1580. The van der Waals surface area contributed by atoms with Gasteiger partial charge in [0, 0.05) is 28.9 Å². The van der Waals surface area contributed by atoms with Crippen LogP contribution in [0.15, 0.2) is 53.8 Å². The lowest BCUT2D eigenvalue weighted by Crippen LogP contribution is -2.31. The number of rotatable bonds is 6. The van der Waals surface area contributed by atoms with Gasteiger partial charge in [-0.2, -0.15) is 0 Å². The van der Waals surface area contributed by atoms with Crippen molar-refractivity contribution in [1.29, 1.82) is 0 Å². The van der Waals surface area contributed by atoms with Gasteiger partial charge in [0.15, 0.2) is 9.84 Å². The van der Waals surface area contributed by atoms with E-state index in [1.807, 2.05) is 6.20 Å². The molecular weight excluding hydrogens is 493 g/mol. The molecule has 0 amide bonds. The Morgan fingerprint density at radius 2 is 1.89 bits per heavy atom. The van der Waals surface area contributed by atoms with Crippen LogP contribution in [0.4, 0.5) is 10.2 Å². The number of methoxy groups -OCH3 is 1.